The van der Waals surface area contributed by atoms with Crippen LogP contribution in [0.25, 0.3) is 0 Å². The van der Waals surface area contributed by atoms with E-state index in [9.17, 15) is 4.39 Å². The zero-order valence-corrected chi connectivity index (χ0v) is 19.2. The van der Waals surface area contributed by atoms with E-state index in [1.165, 1.54) is 11.6 Å². The smallest absolute Gasteiger partial charge is 0.191 e. The van der Waals surface area contributed by atoms with Gasteiger partial charge in [0.05, 0.1) is 12.2 Å². The van der Waals surface area contributed by atoms with E-state index in [1.54, 1.807) is 12.1 Å². The fourth-order valence-corrected chi connectivity index (χ4v) is 3.41. The van der Waals surface area contributed by atoms with Gasteiger partial charge in [-0.3, -0.25) is 4.99 Å². The minimum atomic E-state index is -0.174. The maximum atomic E-state index is 13.6. The molecule has 3 rings (SSSR count). The molecule has 0 unspecified atom stereocenters. The first-order valence-electron chi connectivity index (χ1n) is 9.74. The summed E-state index contributed by atoms with van der Waals surface area (Å²) in [4.78, 5) is 4.76. The molecule has 1 aromatic carbocycles. The predicted molar refractivity (Wildman–Crippen MR) is 121 cm³/mol. The standard InChI is InChI=1S/C21H29FN4O.HI/c1-4-23-20(24-12-6-9-19-15(2)26-27-16(19)3)25-14-21(10-11-21)17-7-5-8-18(22)13-17;/h5,7-8,13H,4,6,9-12,14H2,1-3H3,(H2,23,24,25);1H. The number of benzene rings is 1. The summed E-state index contributed by atoms with van der Waals surface area (Å²) < 4.78 is 18.8. The molecule has 1 saturated carbocycles. The highest BCUT2D eigenvalue weighted by Crippen LogP contribution is 2.48. The predicted octanol–water partition coefficient (Wildman–Crippen LogP) is 4.27. The molecule has 154 valence electrons. The number of aryl methyl sites for hydroxylation is 2. The van der Waals surface area contributed by atoms with Crippen molar-refractivity contribution in [2.24, 2.45) is 4.99 Å². The van der Waals surface area contributed by atoms with Crippen molar-refractivity contribution in [3.05, 3.63) is 52.7 Å². The lowest BCUT2D eigenvalue weighted by Crippen LogP contribution is -2.38. The number of guanidine groups is 1. The Balaban J connectivity index is 0.00000280. The molecule has 1 heterocycles. The molecule has 0 amide bonds. The minimum Gasteiger partial charge on any atom is -0.361 e. The van der Waals surface area contributed by atoms with Gasteiger partial charge in [0.25, 0.3) is 0 Å². The average Bonchev–Trinajstić information content (AvgIpc) is 3.38. The van der Waals surface area contributed by atoms with Crippen molar-refractivity contribution in [2.75, 3.05) is 19.6 Å². The maximum absolute atomic E-state index is 13.6. The summed E-state index contributed by atoms with van der Waals surface area (Å²) in [6.07, 6.45) is 4.03. The van der Waals surface area contributed by atoms with Crippen molar-refractivity contribution in [1.29, 1.82) is 0 Å². The van der Waals surface area contributed by atoms with E-state index in [2.05, 4.69) is 22.7 Å². The molecular weight excluding hydrogens is 470 g/mol. The number of rotatable bonds is 8. The largest absolute Gasteiger partial charge is 0.361 e. The van der Waals surface area contributed by atoms with E-state index in [4.69, 9.17) is 9.52 Å². The minimum absolute atomic E-state index is 0. The third kappa shape index (κ3) is 5.68. The highest BCUT2D eigenvalue weighted by Gasteiger charge is 2.44. The van der Waals surface area contributed by atoms with E-state index >= 15 is 0 Å². The van der Waals surface area contributed by atoms with Crippen LogP contribution in [0, 0.1) is 19.7 Å². The van der Waals surface area contributed by atoms with E-state index in [-0.39, 0.29) is 35.2 Å². The summed E-state index contributed by atoms with van der Waals surface area (Å²) in [7, 11) is 0. The van der Waals surface area contributed by atoms with Gasteiger partial charge in [-0.05, 0) is 64.2 Å². The fraction of sp³-hybridized carbons (Fsp3) is 0.524. The van der Waals surface area contributed by atoms with Crippen molar-refractivity contribution >= 4 is 29.9 Å². The van der Waals surface area contributed by atoms with Crippen molar-refractivity contribution < 1.29 is 8.91 Å². The monoisotopic (exact) mass is 500 g/mol. The molecule has 28 heavy (non-hydrogen) atoms. The Labute approximate surface area is 183 Å². The van der Waals surface area contributed by atoms with Crippen LogP contribution in [0.1, 0.15) is 48.8 Å². The SMILES string of the molecule is CCNC(=NCC1(c2cccc(F)c2)CC1)NCCCc1c(C)noc1C.I. The second-order valence-corrected chi connectivity index (χ2v) is 7.32. The molecule has 1 fully saturated rings. The lowest BCUT2D eigenvalue weighted by atomic mass is 9.96. The van der Waals surface area contributed by atoms with Gasteiger partial charge in [-0.1, -0.05) is 17.3 Å². The number of nitrogens with zero attached hydrogens (tertiary/aromatic N) is 2. The normalized spacial score (nSPS) is 15.1. The molecule has 0 radical (unpaired) electrons. The molecule has 5 nitrogen and oxygen atoms in total. The van der Waals surface area contributed by atoms with Gasteiger partial charge in [-0.15, -0.1) is 24.0 Å². The quantitative estimate of drug-likeness (QED) is 0.246. The lowest BCUT2D eigenvalue weighted by Gasteiger charge is -2.16. The topological polar surface area (TPSA) is 62.5 Å². The average molecular weight is 500 g/mol. The molecule has 1 aromatic heterocycles. The van der Waals surface area contributed by atoms with Crippen molar-refractivity contribution in [2.45, 2.75) is 51.9 Å². The van der Waals surface area contributed by atoms with Crippen LogP contribution in [0.3, 0.4) is 0 Å². The molecule has 2 N–H and O–H groups in total. The Morgan fingerprint density at radius 1 is 1.29 bits per heavy atom. The van der Waals surface area contributed by atoms with Crippen LogP contribution in [0.15, 0.2) is 33.8 Å². The number of nitrogens with one attached hydrogen (secondary N) is 2. The molecule has 0 spiro atoms. The van der Waals surface area contributed by atoms with Gasteiger partial charge in [0.1, 0.15) is 11.6 Å². The Bertz CT molecular complexity index is 782. The summed E-state index contributed by atoms with van der Waals surface area (Å²) in [6.45, 7) is 8.30. The number of aliphatic imine (C=N–C) groups is 1. The first-order chi connectivity index (χ1) is 13.0. The molecule has 0 atom stereocenters. The number of hydrogen-bond donors (Lipinski definition) is 2. The van der Waals surface area contributed by atoms with Crippen LogP contribution in [0.4, 0.5) is 4.39 Å². The maximum Gasteiger partial charge on any atom is 0.191 e. The van der Waals surface area contributed by atoms with Gasteiger partial charge in [-0.25, -0.2) is 4.39 Å². The molecule has 7 heteroatoms. The fourth-order valence-electron chi connectivity index (χ4n) is 3.41. The second-order valence-electron chi connectivity index (χ2n) is 7.32. The van der Waals surface area contributed by atoms with Crippen LogP contribution in [-0.4, -0.2) is 30.8 Å². The van der Waals surface area contributed by atoms with Crippen molar-refractivity contribution in [1.82, 2.24) is 15.8 Å². The zero-order valence-electron chi connectivity index (χ0n) is 16.8. The van der Waals surface area contributed by atoms with Crippen LogP contribution in [-0.2, 0) is 11.8 Å². The molecule has 0 saturated heterocycles. The van der Waals surface area contributed by atoms with E-state index in [1.807, 2.05) is 19.9 Å². The molecule has 0 bridgehead atoms. The van der Waals surface area contributed by atoms with E-state index in [0.717, 1.165) is 61.7 Å². The summed E-state index contributed by atoms with van der Waals surface area (Å²) in [5.74, 6) is 1.55. The highest BCUT2D eigenvalue weighted by atomic mass is 127. The molecule has 0 aliphatic heterocycles. The van der Waals surface area contributed by atoms with Gasteiger partial charge in [0.2, 0.25) is 0 Å². The zero-order chi connectivity index (χ0) is 19.3. The Kier molecular flexibility index (Phi) is 8.27. The first kappa shape index (κ1) is 22.6. The molecule has 2 aromatic rings. The Morgan fingerprint density at radius 3 is 2.68 bits per heavy atom. The number of halogens is 2. The first-order valence-corrected chi connectivity index (χ1v) is 9.74. The Morgan fingerprint density at radius 2 is 2.07 bits per heavy atom. The van der Waals surface area contributed by atoms with Crippen LogP contribution in [0.2, 0.25) is 0 Å². The van der Waals surface area contributed by atoms with E-state index < -0.39 is 0 Å². The van der Waals surface area contributed by atoms with Gasteiger partial charge in [-0.2, -0.15) is 0 Å². The number of aromatic nitrogens is 1. The van der Waals surface area contributed by atoms with Gasteiger partial charge in [0, 0.05) is 24.1 Å². The van der Waals surface area contributed by atoms with Crippen LogP contribution < -0.4 is 10.6 Å². The summed E-state index contributed by atoms with van der Waals surface area (Å²) in [5, 5.41) is 10.7. The number of hydrogen-bond acceptors (Lipinski definition) is 3. The van der Waals surface area contributed by atoms with Crippen molar-refractivity contribution in [3.8, 4) is 0 Å². The lowest BCUT2D eigenvalue weighted by molar-refractivity contribution is 0.392. The molecule has 1 aliphatic carbocycles. The van der Waals surface area contributed by atoms with Gasteiger partial charge < -0.3 is 15.2 Å². The van der Waals surface area contributed by atoms with Gasteiger partial charge in [0.15, 0.2) is 5.96 Å². The highest BCUT2D eigenvalue weighted by molar-refractivity contribution is 14.0. The third-order valence-electron chi connectivity index (χ3n) is 5.25. The molecular formula is C21H30FIN4O. The summed E-state index contributed by atoms with van der Waals surface area (Å²) in [6, 6.07) is 6.93. The van der Waals surface area contributed by atoms with Crippen molar-refractivity contribution in [3.63, 3.8) is 0 Å². The van der Waals surface area contributed by atoms with Gasteiger partial charge >= 0.3 is 0 Å². The second kappa shape index (κ2) is 10.2. The molecule has 1 aliphatic rings. The van der Waals surface area contributed by atoms with Crippen LogP contribution in [0.5, 0.6) is 0 Å². The summed E-state index contributed by atoms with van der Waals surface area (Å²) in [5.41, 5.74) is 3.22. The Hall–Kier alpha value is -1.64. The van der Waals surface area contributed by atoms with E-state index in [0.29, 0.717) is 6.54 Å². The van der Waals surface area contributed by atoms with Crippen LogP contribution >= 0.6 is 24.0 Å². The third-order valence-corrected chi connectivity index (χ3v) is 5.25. The summed E-state index contributed by atoms with van der Waals surface area (Å²) >= 11 is 0.